The second-order valence-electron chi connectivity index (χ2n) is 5.31. The molecule has 1 heterocycles. The van der Waals surface area contributed by atoms with Gasteiger partial charge in [-0.05, 0) is 11.8 Å². The van der Waals surface area contributed by atoms with Gasteiger partial charge in [0.25, 0.3) is 0 Å². The van der Waals surface area contributed by atoms with Crippen molar-refractivity contribution in [3.05, 3.63) is 0 Å². The summed E-state index contributed by atoms with van der Waals surface area (Å²) in [4.78, 5) is 22.3. The van der Waals surface area contributed by atoms with Crippen LogP contribution < -0.4 is 5.32 Å². The van der Waals surface area contributed by atoms with Gasteiger partial charge in [-0.25, -0.2) is 0 Å². The summed E-state index contributed by atoms with van der Waals surface area (Å²) in [5, 5.41) is 2.84. The summed E-state index contributed by atoms with van der Waals surface area (Å²) in [6.07, 6.45) is 4.25. The van der Waals surface area contributed by atoms with Crippen LogP contribution in [0, 0.1) is 24.2 Å². The minimum atomic E-state index is -0.656. The van der Waals surface area contributed by atoms with Crippen LogP contribution in [-0.4, -0.2) is 43.5 Å². The normalized spacial score (nSPS) is 32.0. The molecule has 1 fully saturated rings. The molecule has 0 aromatic heterocycles. The third-order valence-corrected chi connectivity index (χ3v) is 3.74. The minimum Gasteiger partial charge on any atom is -0.463 e. The summed E-state index contributed by atoms with van der Waals surface area (Å²) in [6.45, 7) is 7.03. The van der Waals surface area contributed by atoms with Gasteiger partial charge >= 0.3 is 5.97 Å². The second-order valence-corrected chi connectivity index (χ2v) is 5.31. The molecule has 1 aliphatic rings. The van der Waals surface area contributed by atoms with Gasteiger partial charge in [0.2, 0.25) is 5.91 Å². The van der Waals surface area contributed by atoms with E-state index < -0.39 is 6.29 Å². The first-order valence-corrected chi connectivity index (χ1v) is 6.97. The molecule has 6 nitrogen and oxygen atoms in total. The molecule has 5 atom stereocenters. The highest BCUT2D eigenvalue weighted by molar-refractivity contribution is 5.73. The van der Waals surface area contributed by atoms with Gasteiger partial charge in [-0.15, -0.1) is 6.42 Å². The van der Waals surface area contributed by atoms with Gasteiger partial charge in [-0.2, -0.15) is 0 Å². The SMILES string of the molecule is C#CCO[C@@H]1OC(COC(C)=O)[C@@H](C)[C@H](C)C1NC(C)=O. The van der Waals surface area contributed by atoms with Crippen molar-refractivity contribution in [1.29, 1.82) is 0 Å². The molecular formula is C15H23NO5. The van der Waals surface area contributed by atoms with Gasteiger partial charge in [0.05, 0.1) is 12.1 Å². The lowest BCUT2D eigenvalue weighted by atomic mass is 9.82. The number of ether oxygens (including phenoxy) is 3. The van der Waals surface area contributed by atoms with Crippen molar-refractivity contribution in [3.8, 4) is 12.3 Å². The quantitative estimate of drug-likeness (QED) is 0.597. The number of amides is 1. The van der Waals surface area contributed by atoms with Crippen molar-refractivity contribution >= 4 is 11.9 Å². The van der Waals surface area contributed by atoms with Crippen LogP contribution in [0.25, 0.3) is 0 Å². The maximum atomic E-state index is 11.3. The van der Waals surface area contributed by atoms with Crippen LogP contribution in [0.4, 0.5) is 0 Å². The number of hydrogen-bond acceptors (Lipinski definition) is 5. The number of esters is 1. The fraction of sp³-hybridized carbons (Fsp3) is 0.733. The molecule has 0 saturated carbocycles. The van der Waals surface area contributed by atoms with Crippen molar-refractivity contribution in [2.24, 2.45) is 11.8 Å². The molecule has 0 aromatic carbocycles. The average molecular weight is 297 g/mol. The standard InChI is InChI=1S/C15H23NO5/c1-6-7-19-15-14(16-11(4)17)10(3)9(2)13(21-15)8-20-12(5)18/h1,9-10,13-15H,7-8H2,2-5H3,(H,16,17)/t9-,10-,13?,14?,15+/m0/s1. The van der Waals surface area contributed by atoms with Crippen molar-refractivity contribution in [1.82, 2.24) is 5.32 Å². The van der Waals surface area contributed by atoms with E-state index in [1.54, 1.807) is 0 Å². The molecule has 2 unspecified atom stereocenters. The van der Waals surface area contributed by atoms with Crippen molar-refractivity contribution in [2.45, 2.75) is 46.1 Å². The first-order valence-electron chi connectivity index (χ1n) is 6.97. The van der Waals surface area contributed by atoms with Crippen LogP contribution in [0.5, 0.6) is 0 Å². The second kappa shape index (κ2) is 8.01. The Hall–Kier alpha value is -1.58. The summed E-state index contributed by atoms with van der Waals surface area (Å²) in [6, 6.07) is -0.292. The third-order valence-electron chi connectivity index (χ3n) is 3.74. The Bertz CT molecular complexity index is 415. The topological polar surface area (TPSA) is 73.9 Å². The van der Waals surface area contributed by atoms with E-state index in [1.165, 1.54) is 13.8 Å². The summed E-state index contributed by atoms with van der Waals surface area (Å²) in [7, 11) is 0. The molecule has 1 aliphatic heterocycles. The first kappa shape index (κ1) is 17.5. The van der Waals surface area contributed by atoms with Crippen LogP contribution in [-0.2, 0) is 23.8 Å². The van der Waals surface area contributed by atoms with Gasteiger partial charge < -0.3 is 19.5 Å². The zero-order chi connectivity index (χ0) is 16.0. The van der Waals surface area contributed by atoms with Crippen LogP contribution in [0.2, 0.25) is 0 Å². The minimum absolute atomic E-state index is 0.0855. The number of terminal acetylenes is 1. The summed E-state index contributed by atoms with van der Waals surface area (Å²) < 4.78 is 16.3. The highest BCUT2D eigenvalue weighted by atomic mass is 16.7. The van der Waals surface area contributed by atoms with E-state index in [-0.39, 0.29) is 49.1 Å². The highest BCUT2D eigenvalue weighted by Gasteiger charge is 2.42. The Kier molecular flexibility index (Phi) is 6.66. The van der Waals surface area contributed by atoms with E-state index >= 15 is 0 Å². The Labute approximate surface area is 125 Å². The molecule has 118 valence electrons. The van der Waals surface area contributed by atoms with Crippen molar-refractivity contribution in [2.75, 3.05) is 13.2 Å². The van der Waals surface area contributed by atoms with Gasteiger partial charge in [0, 0.05) is 13.8 Å². The fourth-order valence-corrected chi connectivity index (χ4v) is 2.39. The largest absolute Gasteiger partial charge is 0.463 e. The van der Waals surface area contributed by atoms with E-state index in [2.05, 4.69) is 11.2 Å². The van der Waals surface area contributed by atoms with E-state index in [4.69, 9.17) is 20.6 Å². The van der Waals surface area contributed by atoms with Gasteiger partial charge in [-0.1, -0.05) is 19.8 Å². The van der Waals surface area contributed by atoms with Crippen molar-refractivity contribution < 1.29 is 23.8 Å². The lowest BCUT2D eigenvalue weighted by molar-refractivity contribution is -0.239. The third kappa shape index (κ3) is 5.03. The van der Waals surface area contributed by atoms with E-state index in [1.807, 2.05) is 13.8 Å². The molecule has 0 bridgehead atoms. The maximum absolute atomic E-state index is 11.3. The summed E-state index contributed by atoms with van der Waals surface area (Å²) in [5.74, 6) is 2.04. The molecule has 1 saturated heterocycles. The number of carbonyl (C=O) groups is 2. The average Bonchev–Trinajstić information content (AvgIpc) is 2.41. The number of carbonyl (C=O) groups excluding carboxylic acids is 2. The van der Waals surface area contributed by atoms with Gasteiger partial charge in [-0.3, -0.25) is 9.59 Å². The van der Waals surface area contributed by atoms with E-state index in [9.17, 15) is 9.59 Å². The Morgan fingerprint density at radius 1 is 1.29 bits per heavy atom. The molecule has 21 heavy (non-hydrogen) atoms. The molecule has 6 heteroatoms. The highest BCUT2D eigenvalue weighted by Crippen LogP contribution is 2.31. The molecule has 0 aromatic rings. The lowest BCUT2D eigenvalue weighted by Gasteiger charge is -2.44. The first-order chi connectivity index (χ1) is 9.86. The molecular weight excluding hydrogens is 274 g/mol. The van der Waals surface area contributed by atoms with Crippen molar-refractivity contribution in [3.63, 3.8) is 0 Å². The monoisotopic (exact) mass is 297 g/mol. The summed E-state index contributed by atoms with van der Waals surface area (Å²) in [5.41, 5.74) is 0. The molecule has 1 rings (SSSR count). The van der Waals surface area contributed by atoms with Crippen LogP contribution in [0.3, 0.4) is 0 Å². The fourth-order valence-electron chi connectivity index (χ4n) is 2.39. The lowest BCUT2D eigenvalue weighted by Crippen LogP contribution is -2.58. The Morgan fingerprint density at radius 3 is 2.48 bits per heavy atom. The summed E-state index contributed by atoms with van der Waals surface area (Å²) >= 11 is 0. The smallest absolute Gasteiger partial charge is 0.302 e. The zero-order valence-electron chi connectivity index (χ0n) is 12.9. The van der Waals surface area contributed by atoms with E-state index in [0.717, 1.165) is 0 Å². The van der Waals surface area contributed by atoms with Crippen LogP contribution in [0.15, 0.2) is 0 Å². The molecule has 0 spiro atoms. The Balaban J connectivity index is 2.80. The van der Waals surface area contributed by atoms with Crippen LogP contribution in [0.1, 0.15) is 27.7 Å². The number of nitrogens with one attached hydrogen (secondary N) is 1. The number of rotatable bonds is 5. The van der Waals surface area contributed by atoms with Gasteiger partial charge in [0.1, 0.15) is 13.2 Å². The molecule has 0 aliphatic carbocycles. The predicted molar refractivity (Wildman–Crippen MR) is 76.0 cm³/mol. The van der Waals surface area contributed by atoms with Crippen LogP contribution >= 0.6 is 0 Å². The molecule has 1 amide bonds. The maximum Gasteiger partial charge on any atom is 0.302 e. The zero-order valence-corrected chi connectivity index (χ0v) is 12.9. The molecule has 0 radical (unpaired) electrons. The Morgan fingerprint density at radius 2 is 1.95 bits per heavy atom. The molecule has 1 N–H and O–H groups in total. The predicted octanol–water partition coefficient (Wildman–Crippen LogP) is 0.701. The van der Waals surface area contributed by atoms with Gasteiger partial charge in [0.15, 0.2) is 6.29 Å². The number of hydrogen-bond donors (Lipinski definition) is 1. The van der Waals surface area contributed by atoms with E-state index in [0.29, 0.717) is 0 Å².